The lowest BCUT2D eigenvalue weighted by Gasteiger charge is -2.12. The molecule has 1 saturated carbocycles. The van der Waals surface area contributed by atoms with Crippen LogP contribution in [0.25, 0.3) is 0 Å². The van der Waals surface area contributed by atoms with Gasteiger partial charge >= 0.3 is 5.50 Å². The molecule has 2 aliphatic rings. The van der Waals surface area contributed by atoms with Crippen molar-refractivity contribution in [2.75, 3.05) is 5.73 Å². The summed E-state index contributed by atoms with van der Waals surface area (Å²) >= 11 is 0. The van der Waals surface area contributed by atoms with E-state index in [1.165, 1.54) is 11.3 Å². The van der Waals surface area contributed by atoms with Gasteiger partial charge in [-0.3, -0.25) is 4.21 Å². The van der Waals surface area contributed by atoms with Crippen LogP contribution in [0.1, 0.15) is 30.4 Å². The minimum absolute atomic E-state index is 0.356. The molecular formula is C20H22N3OS+. The molecule has 1 heterocycles. The Morgan fingerprint density at radius 1 is 1.16 bits per heavy atom. The van der Waals surface area contributed by atoms with E-state index in [-0.39, 0.29) is 5.50 Å². The fraction of sp³-hybridized carbons (Fsp3) is 0.300. The first-order valence-electron chi connectivity index (χ1n) is 8.63. The molecule has 25 heavy (non-hydrogen) atoms. The lowest BCUT2D eigenvalue weighted by Crippen LogP contribution is -2.27. The van der Waals surface area contributed by atoms with Gasteiger partial charge < -0.3 is 5.73 Å². The van der Waals surface area contributed by atoms with E-state index in [0.29, 0.717) is 11.4 Å². The average Bonchev–Trinajstić information content (AvgIpc) is 3.18. The summed E-state index contributed by atoms with van der Waals surface area (Å²) in [7, 11) is -1.17. The summed E-state index contributed by atoms with van der Waals surface area (Å²) < 4.78 is 15.4. The van der Waals surface area contributed by atoms with Crippen molar-refractivity contribution in [1.82, 2.24) is 0 Å². The molecule has 2 atom stereocenters. The molecule has 1 aliphatic heterocycles. The lowest BCUT2D eigenvalue weighted by molar-refractivity contribution is -0.451. The molecule has 0 saturated heterocycles. The maximum atomic E-state index is 13.2. The summed E-state index contributed by atoms with van der Waals surface area (Å²) in [5, 5.41) is 0. The van der Waals surface area contributed by atoms with E-state index in [2.05, 4.69) is 23.6 Å². The summed E-state index contributed by atoms with van der Waals surface area (Å²) in [5.74, 6) is 0.420. The fourth-order valence-electron chi connectivity index (χ4n) is 3.60. The van der Waals surface area contributed by atoms with Crippen LogP contribution in [0.3, 0.4) is 0 Å². The molecule has 0 bridgehead atoms. The van der Waals surface area contributed by atoms with Crippen molar-refractivity contribution in [3.63, 3.8) is 0 Å². The highest BCUT2D eigenvalue weighted by Gasteiger charge is 2.43. The first-order valence-corrected chi connectivity index (χ1v) is 10.0. The van der Waals surface area contributed by atoms with Crippen LogP contribution in [-0.4, -0.2) is 25.7 Å². The largest absolute Gasteiger partial charge is 0.398 e. The Balaban J connectivity index is 1.72. The number of aryl methyl sites for hydroxylation is 1. The van der Waals surface area contributed by atoms with Gasteiger partial charge in [0.05, 0.1) is 5.75 Å². The predicted molar refractivity (Wildman–Crippen MR) is 104 cm³/mol. The minimum Gasteiger partial charge on any atom is -0.398 e. The number of anilines is 1. The Morgan fingerprint density at radius 2 is 1.92 bits per heavy atom. The van der Waals surface area contributed by atoms with Crippen molar-refractivity contribution < 1.29 is 8.78 Å². The molecule has 1 fully saturated rings. The third kappa shape index (κ3) is 2.93. The van der Waals surface area contributed by atoms with Gasteiger partial charge in [0.15, 0.2) is 0 Å². The van der Waals surface area contributed by atoms with E-state index in [4.69, 9.17) is 10.7 Å². The summed E-state index contributed by atoms with van der Waals surface area (Å²) in [6, 6.07) is 15.9. The molecule has 0 aromatic heterocycles. The van der Waals surface area contributed by atoms with Gasteiger partial charge in [-0.1, -0.05) is 36.4 Å². The zero-order chi connectivity index (χ0) is 17.4. The van der Waals surface area contributed by atoms with Crippen LogP contribution >= 0.6 is 0 Å². The van der Waals surface area contributed by atoms with Crippen molar-refractivity contribution in [3.05, 3.63) is 59.7 Å². The summed E-state index contributed by atoms with van der Waals surface area (Å²) in [6.07, 6.45) is 3.12. The Bertz CT molecular complexity index is 917. The van der Waals surface area contributed by atoms with E-state index in [0.717, 1.165) is 36.2 Å². The van der Waals surface area contributed by atoms with Crippen LogP contribution in [0.15, 0.2) is 53.5 Å². The van der Waals surface area contributed by atoms with Crippen molar-refractivity contribution in [2.45, 2.75) is 37.4 Å². The van der Waals surface area contributed by atoms with Gasteiger partial charge in [0, 0.05) is 23.7 Å². The van der Waals surface area contributed by atoms with Gasteiger partial charge in [0.2, 0.25) is 11.4 Å². The molecule has 0 spiro atoms. The van der Waals surface area contributed by atoms with Gasteiger partial charge in [0.1, 0.15) is 16.5 Å². The van der Waals surface area contributed by atoms with Crippen molar-refractivity contribution in [2.24, 2.45) is 4.99 Å². The highest BCUT2D eigenvalue weighted by atomic mass is 32.2. The van der Waals surface area contributed by atoms with Crippen LogP contribution in [0, 0.1) is 6.92 Å². The number of nitrogens with two attached hydrogens (primary N) is 1. The molecule has 128 valence electrons. The number of hydrogen-bond acceptors (Lipinski definition) is 3. The number of nitrogens with zero attached hydrogens (tertiary/aromatic N) is 2. The minimum atomic E-state index is -1.17. The van der Waals surface area contributed by atoms with Crippen molar-refractivity contribution in [3.8, 4) is 0 Å². The molecule has 0 radical (unpaired) electrons. The molecule has 2 aromatic rings. The zero-order valence-corrected chi connectivity index (χ0v) is 15.1. The predicted octanol–water partition coefficient (Wildman–Crippen LogP) is 3.53. The second-order valence-corrected chi connectivity index (χ2v) is 8.05. The second-order valence-electron chi connectivity index (χ2n) is 6.58. The van der Waals surface area contributed by atoms with E-state index in [1.54, 1.807) is 0 Å². The Hall–Kier alpha value is -2.27. The number of fused-ring (bicyclic) bond motifs is 1. The summed E-state index contributed by atoms with van der Waals surface area (Å²) in [5.41, 5.74) is 12.0. The van der Waals surface area contributed by atoms with Crippen molar-refractivity contribution >= 4 is 33.6 Å². The van der Waals surface area contributed by atoms with Crippen molar-refractivity contribution in [1.29, 1.82) is 0 Å². The first-order chi connectivity index (χ1) is 12.1. The zero-order valence-electron chi connectivity index (χ0n) is 14.3. The number of rotatable bonds is 4. The second kappa shape index (κ2) is 6.56. The quantitative estimate of drug-likeness (QED) is 0.676. The molecule has 1 aliphatic carbocycles. The fourth-order valence-corrected chi connectivity index (χ4v) is 5.04. The van der Waals surface area contributed by atoms with E-state index < -0.39 is 10.8 Å². The van der Waals surface area contributed by atoms with Gasteiger partial charge in [-0.25, -0.2) is 4.99 Å². The maximum Gasteiger partial charge on any atom is 0.329 e. The molecule has 4 rings (SSSR count). The SMILES string of the molecule is Cc1ccccc1[N+]1=C2CCCC2=NC1S(=O)Cc1ccccc1N. The average molecular weight is 352 g/mol. The normalized spacial score (nSPS) is 20.5. The van der Waals surface area contributed by atoms with Crippen LogP contribution < -0.4 is 5.73 Å². The molecule has 2 aromatic carbocycles. The Kier molecular flexibility index (Phi) is 4.25. The monoisotopic (exact) mass is 352 g/mol. The van der Waals surface area contributed by atoms with Crippen LogP contribution in [0.4, 0.5) is 11.4 Å². The van der Waals surface area contributed by atoms with E-state index in [9.17, 15) is 4.21 Å². The number of nitrogen functional groups attached to an aromatic ring is 1. The highest BCUT2D eigenvalue weighted by molar-refractivity contribution is 7.84. The van der Waals surface area contributed by atoms with Crippen LogP contribution in [0.5, 0.6) is 0 Å². The van der Waals surface area contributed by atoms with Gasteiger partial charge in [-0.15, -0.1) is 0 Å². The number of aliphatic imine (C=N–C) groups is 1. The van der Waals surface area contributed by atoms with E-state index >= 15 is 0 Å². The van der Waals surface area contributed by atoms with Crippen LogP contribution in [-0.2, 0) is 16.6 Å². The maximum absolute atomic E-state index is 13.2. The number of hydrogen-bond donors (Lipinski definition) is 1. The topological polar surface area (TPSA) is 58.5 Å². The molecule has 2 N–H and O–H groups in total. The number of benzene rings is 2. The summed E-state index contributed by atoms with van der Waals surface area (Å²) in [6.45, 7) is 2.10. The lowest BCUT2D eigenvalue weighted by atomic mass is 10.2. The highest BCUT2D eigenvalue weighted by Crippen LogP contribution is 2.31. The standard InChI is InChI=1S/C20H22N3OS/c1-14-7-2-5-11-18(14)23-19-12-6-10-17(19)22-20(23)25(24)13-15-8-3-4-9-16(15)21/h2-5,7-9,11,20H,6,10,12-13,21H2,1H3/q+1. The molecular weight excluding hydrogens is 330 g/mol. The van der Waals surface area contributed by atoms with E-state index in [1.807, 2.05) is 36.4 Å². The number of para-hydroxylation sites is 2. The van der Waals surface area contributed by atoms with Gasteiger partial charge in [-0.05, 0) is 31.4 Å². The first kappa shape index (κ1) is 16.2. The molecule has 0 amide bonds. The Labute approximate surface area is 150 Å². The van der Waals surface area contributed by atoms with Crippen LogP contribution in [0.2, 0.25) is 0 Å². The molecule has 2 unspecified atom stereocenters. The summed E-state index contributed by atoms with van der Waals surface area (Å²) in [4.78, 5) is 4.84. The van der Waals surface area contributed by atoms with Gasteiger partial charge in [-0.2, -0.15) is 4.58 Å². The Morgan fingerprint density at radius 3 is 2.72 bits per heavy atom. The molecule has 5 heteroatoms. The third-order valence-electron chi connectivity index (χ3n) is 4.90. The third-order valence-corrected chi connectivity index (χ3v) is 6.28. The molecule has 4 nitrogen and oxygen atoms in total. The van der Waals surface area contributed by atoms with Gasteiger partial charge in [0.25, 0.3) is 0 Å². The smallest absolute Gasteiger partial charge is 0.329 e.